The Morgan fingerprint density at radius 3 is 2.37 bits per heavy atom. The van der Waals surface area contributed by atoms with Crippen molar-refractivity contribution in [1.29, 1.82) is 0 Å². The molecule has 4 N–H and O–H groups in total. The van der Waals surface area contributed by atoms with E-state index in [1.54, 1.807) is 50.2 Å². The number of imide groups is 2. The van der Waals surface area contributed by atoms with Gasteiger partial charge in [0.2, 0.25) is 0 Å². The third-order valence-electron chi connectivity index (χ3n) is 7.43. The lowest BCUT2D eigenvalue weighted by Gasteiger charge is -2.29. The maximum atomic E-state index is 13.2. The fourth-order valence-corrected chi connectivity index (χ4v) is 5.41. The van der Waals surface area contributed by atoms with Gasteiger partial charge in [-0.25, -0.2) is 9.59 Å². The average molecular weight is 517 g/mol. The number of carbonyl (C=O) groups excluding carboxylic acids is 5. The third kappa shape index (κ3) is 3.26. The molecule has 0 bridgehead atoms. The van der Waals surface area contributed by atoms with E-state index in [-0.39, 0.29) is 24.8 Å². The van der Waals surface area contributed by atoms with Gasteiger partial charge in [0.15, 0.2) is 5.54 Å². The molecule has 2 aromatic carbocycles. The second kappa shape index (κ2) is 7.81. The summed E-state index contributed by atoms with van der Waals surface area (Å²) in [6.45, 7) is 3.43. The fourth-order valence-electron chi connectivity index (χ4n) is 5.41. The lowest BCUT2D eigenvalue weighted by molar-refractivity contribution is -0.125. The molecular weight excluding hydrogens is 494 g/mol. The van der Waals surface area contributed by atoms with Crippen LogP contribution in [0.2, 0.25) is 0 Å². The van der Waals surface area contributed by atoms with Crippen LogP contribution in [0, 0.1) is 6.92 Å². The molecule has 0 radical (unpaired) electrons. The summed E-state index contributed by atoms with van der Waals surface area (Å²) in [6.07, 6.45) is 0. The SMILES string of the molecule is COc1ccc2c(c1)C(=O)N(C[C@@]1(c3cc4cc(C5(C)NC(=O)NC5=O)c(C)cc4o3)NC(=O)NC1=O)C2. The minimum atomic E-state index is -1.69. The second-order valence-electron chi connectivity index (χ2n) is 9.85. The first-order valence-electron chi connectivity index (χ1n) is 11.8. The average Bonchev–Trinajstić information content (AvgIpc) is 3.57. The lowest BCUT2D eigenvalue weighted by atomic mass is 9.87. The number of methoxy groups -OCH3 is 1. The molecule has 38 heavy (non-hydrogen) atoms. The molecule has 3 aliphatic heterocycles. The van der Waals surface area contributed by atoms with E-state index >= 15 is 0 Å². The molecule has 2 atom stereocenters. The Morgan fingerprint density at radius 2 is 1.71 bits per heavy atom. The van der Waals surface area contributed by atoms with Gasteiger partial charge >= 0.3 is 12.1 Å². The monoisotopic (exact) mass is 517 g/mol. The van der Waals surface area contributed by atoms with E-state index in [2.05, 4.69) is 21.3 Å². The molecule has 12 nitrogen and oxygen atoms in total. The molecule has 6 rings (SSSR count). The van der Waals surface area contributed by atoms with E-state index in [4.69, 9.17) is 9.15 Å². The van der Waals surface area contributed by atoms with Crippen LogP contribution in [0.5, 0.6) is 5.75 Å². The van der Waals surface area contributed by atoms with Gasteiger partial charge in [0.25, 0.3) is 17.7 Å². The summed E-state index contributed by atoms with van der Waals surface area (Å²) >= 11 is 0. The predicted octanol–water partition coefficient (Wildman–Crippen LogP) is 1.50. The molecule has 1 unspecified atom stereocenters. The number of ether oxygens (including phenoxy) is 1. The van der Waals surface area contributed by atoms with Crippen LogP contribution in [0.15, 0.2) is 40.8 Å². The summed E-state index contributed by atoms with van der Waals surface area (Å²) in [7, 11) is 1.51. The quantitative estimate of drug-likeness (QED) is 0.373. The molecule has 7 amide bonds. The zero-order valence-corrected chi connectivity index (χ0v) is 20.7. The van der Waals surface area contributed by atoms with Gasteiger partial charge in [-0.3, -0.25) is 25.0 Å². The van der Waals surface area contributed by atoms with Crippen molar-refractivity contribution in [3.8, 4) is 5.75 Å². The summed E-state index contributed by atoms with van der Waals surface area (Å²) in [5.41, 5.74) is -0.124. The Morgan fingerprint density at radius 1 is 0.974 bits per heavy atom. The molecule has 3 aromatic rings. The number of hydrogen-bond donors (Lipinski definition) is 4. The normalized spacial score (nSPS) is 24.4. The van der Waals surface area contributed by atoms with Crippen LogP contribution in [-0.2, 0) is 27.2 Å². The molecule has 1 aromatic heterocycles. The molecule has 2 fully saturated rings. The number of carbonyl (C=O) groups is 5. The number of rotatable bonds is 5. The number of amides is 7. The maximum absolute atomic E-state index is 13.2. The number of aryl methyl sites for hydroxylation is 1. The summed E-state index contributed by atoms with van der Waals surface area (Å²) in [4.78, 5) is 64.6. The van der Waals surface area contributed by atoms with Crippen molar-refractivity contribution in [3.05, 3.63) is 64.4 Å². The number of benzene rings is 2. The van der Waals surface area contributed by atoms with Gasteiger partial charge in [0.1, 0.15) is 22.6 Å². The molecule has 3 aliphatic rings. The van der Waals surface area contributed by atoms with Crippen molar-refractivity contribution in [1.82, 2.24) is 26.2 Å². The summed E-state index contributed by atoms with van der Waals surface area (Å²) in [5.74, 6) is -0.799. The van der Waals surface area contributed by atoms with Crippen molar-refractivity contribution in [2.75, 3.05) is 13.7 Å². The van der Waals surface area contributed by atoms with Crippen LogP contribution >= 0.6 is 0 Å². The first kappa shape index (κ1) is 23.5. The highest BCUT2D eigenvalue weighted by Gasteiger charge is 2.53. The zero-order valence-electron chi connectivity index (χ0n) is 20.7. The van der Waals surface area contributed by atoms with Gasteiger partial charge in [-0.05, 0) is 60.9 Å². The second-order valence-corrected chi connectivity index (χ2v) is 9.85. The number of nitrogens with one attached hydrogen (secondary N) is 4. The number of fused-ring (bicyclic) bond motifs is 2. The summed E-state index contributed by atoms with van der Waals surface area (Å²) in [5, 5.41) is 10.4. The predicted molar refractivity (Wildman–Crippen MR) is 131 cm³/mol. The van der Waals surface area contributed by atoms with Crippen molar-refractivity contribution >= 4 is 40.8 Å². The van der Waals surface area contributed by atoms with Gasteiger partial charge in [0, 0.05) is 17.5 Å². The Hall–Kier alpha value is -4.87. The molecule has 12 heteroatoms. The smallest absolute Gasteiger partial charge is 0.322 e. The van der Waals surface area contributed by atoms with Crippen LogP contribution in [-0.4, -0.2) is 48.3 Å². The van der Waals surface area contributed by atoms with Gasteiger partial charge in [-0.2, -0.15) is 0 Å². The minimum Gasteiger partial charge on any atom is -0.497 e. The highest BCUT2D eigenvalue weighted by molar-refractivity contribution is 6.09. The number of urea groups is 2. The van der Waals surface area contributed by atoms with E-state index in [1.165, 1.54) is 12.0 Å². The van der Waals surface area contributed by atoms with E-state index < -0.39 is 35.0 Å². The van der Waals surface area contributed by atoms with Gasteiger partial charge < -0.3 is 24.7 Å². The molecule has 4 heterocycles. The third-order valence-corrected chi connectivity index (χ3v) is 7.43. The molecule has 194 valence electrons. The van der Waals surface area contributed by atoms with Gasteiger partial charge in [0.05, 0.1) is 13.7 Å². The first-order valence-corrected chi connectivity index (χ1v) is 11.8. The topological polar surface area (TPSA) is 159 Å². The van der Waals surface area contributed by atoms with E-state index in [0.29, 0.717) is 33.4 Å². The standard InChI is InChI=1S/C26H23N5O7/c1-12-6-18-14(7-17(12)25(2)21(33)27-23(35)29-25)8-19(38-18)26(22(34)28-24(36)30-26)11-31-10-13-4-5-15(37-3)9-16(13)20(31)32/h4-9H,10-11H2,1-3H3,(H2,27,29,33,35)(H2,28,30,34,36)/t25?,26-/m0/s1. The van der Waals surface area contributed by atoms with Gasteiger partial charge in [-0.1, -0.05) is 6.07 Å². The van der Waals surface area contributed by atoms with Crippen LogP contribution in [0.4, 0.5) is 9.59 Å². The van der Waals surface area contributed by atoms with Crippen molar-refractivity contribution in [3.63, 3.8) is 0 Å². The van der Waals surface area contributed by atoms with Crippen LogP contribution in [0.25, 0.3) is 11.0 Å². The number of hydrogen-bond acceptors (Lipinski definition) is 7. The molecular formula is C26H23N5O7. The van der Waals surface area contributed by atoms with E-state index in [9.17, 15) is 24.0 Å². The van der Waals surface area contributed by atoms with Crippen molar-refractivity contribution < 1.29 is 33.1 Å². The number of furan rings is 1. The molecule has 2 saturated heterocycles. The van der Waals surface area contributed by atoms with E-state index in [0.717, 1.165) is 5.56 Å². The van der Waals surface area contributed by atoms with Gasteiger partial charge in [-0.15, -0.1) is 0 Å². The molecule has 0 saturated carbocycles. The lowest BCUT2D eigenvalue weighted by Crippen LogP contribution is -2.52. The Kier molecular flexibility index (Phi) is 4.84. The Bertz CT molecular complexity index is 1610. The van der Waals surface area contributed by atoms with Crippen molar-refractivity contribution in [2.45, 2.75) is 31.5 Å². The zero-order chi connectivity index (χ0) is 27.0. The summed E-state index contributed by atoms with van der Waals surface area (Å²) < 4.78 is 11.3. The number of nitrogens with zero attached hydrogens (tertiary/aromatic N) is 1. The minimum absolute atomic E-state index is 0.124. The highest BCUT2D eigenvalue weighted by atomic mass is 16.5. The first-order chi connectivity index (χ1) is 18.0. The maximum Gasteiger partial charge on any atom is 0.322 e. The Labute approximate surface area is 215 Å². The molecule has 0 spiro atoms. The van der Waals surface area contributed by atoms with Crippen LogP contribution < -0.4 is 26.0 Å². The van der Waals surface area contributed by atoms with Crippen molar-refractivity contribution in [2.24, 2.45) is 0 Å². The summed E-state index contributed by atoms with van der Waals surface area (Å²) in [6, 6.07) is 8.87. The largest absolute Gasteiger partial charge is 0.497 e. The molecule has 0 aliphatic carbocycles. The fraction of sp³-hybridized carbons (Fsp3) is 0.269. The van der Waals surface area contributed by atoms with Crippen LogP contribution in [0.3, 0.4) is 0 Å². The van der Waals surface area contributed by atoms with E-state index in [1.807, 2.05) is 0 Å². The van der Waals surface area contributed by atoms with Crippen LogP contribution in [0.1, 0.15) is 39.7 Å². The Balaban J connectivity index is 1.41. The highest BCUT2D eigenvalue weighted by Crippen LogP contribution is 2.37.